The second kappa shape index (κ2) is 8.81. The first-order chi connectivity index (χ1) is 17.2. The van der Waals surface area contributed by atoms with Crippen molar-refractivity contribution in [2.24, 2.45) is 0 Å². The van der Waals surface area contributed by atoms with Gasteiger partial charge in [-0.2, -0.15) is 10.1 Å². The molecule has 5 rings (SSSR count). The monoisotopic (exact) mass is 487 g/mol. The molecule has 1 amide bonds. The molecule has 36 heavy (non-hydrogen) atoms. The van der Waals surface area contributed by atoms with E-state index in [1.54, 1.807) is 41.4 Å². The summed E-state index contributed by atoms with van der Waals surface area (Å²) in [6, 6.07) is 3.99. The first kappa shape index (κ1) is 23.6. The van der Waals surface area contributed by atoms with Crippen molar-refractivity contribution in [2.45, 2.75) is 57.5 Å². The summed E-state index contributed by atoms with van der Waals surface area (Å²) in [5.74, 6) is 1.21. The number of amides is 1. The Labute approximate surface area is 208 Å². The Bertz CT molecular complexity index is 1360. The van der Waals surface area contributed by atoms with Crippen molar-refractivity contribution in [3.05, 3.63) is 54.5 Å². The molecule has 0 spiro atoms. The van der Waals surface area contributed by atoms with Gasteiger partial charge in [-0.05, 0) is 45.2 Å². The fourth-order valence-electron chi connectivity index (χ4n) is 4.20. The van der Waals surface area contributed by atoms with Gasteiger partial charge < -0.3 is 15.2 Å². The maximum atomic E-state index is 12.6. The molecular weight excluding hydrogens is 458 g/mol. The number of nitrogens with two attached hydrogens (primary N) is 1. The van der Waals surface area contributed by atoms with Crippen LogP contribution in [0.2, 0.25) is 0 Å². The van der Waals surface area contributed by atoms with E-state index in [2.05, 4.69) is 25.2 Å². The molecular formula is C25H29N9O2. The van der Waals surface area contributed by atoms with Crippen molar-refractivity contribution in [1.29, 1.82) is 0 Å². The largest absolute Gasteiger partial charge is 0.368 e. The molecule has 4 heterocycles. The van der Waals surface area contributed by atoms with Gasteiger partial charge in [0.25, 0.3) is 5.89 Å². The Morgan fingerprint density at radius 2 is 1.86 bits per heavy atom. The first-order valence-electron chi connectivity index (χ1n) is 11.8. The number of pyridine rings is 1. The van der Waals surface area contributed by atoms with Gasteiger partial charge in [0.1, 0.15) is 6.54 Å². The predicted molar refractivity (Wildman–Crippen MR) is 132 cm³/mol. The summed E-state index contributed by atoms with van der Waals surface area (Å²) in [7, 11) is 1.79. The maximum absolute atomic E-state index is 12.6. The van der Waals surface area contributed by atoms with Gasteiger partial charge in [0.2, 0.25) is 11.9 Å². The third-order valence-electron chi connectivity index (χ3n) is 6.90. The third kappa shape index (κ3) is 4.32. The number of aromatic nitrogens is 7. The summed E-state index contributed by atoms with van der Waals surface area (Å²) in [6.45, 7) is 6.11. The van der Waals surface area contributed by atoms with Crippen LogP contribution in [0.1, 0.15) is 51.4 Å². The van der Waals surface area contributed by atoms with Crippen LogP contribution in [0.5, 0.6) is 0 Å². The van der Waals surface area contributed by atoms with Gasteiger partial charge in [-0.3, -0.25) is 14.5 Å². The molecule has 0 saturated heterocycles. The summed E-state index contributed by atoms with van der Waals surface area (Å²) in [6.07, 6.45) is 11.4. The minimum absolute atomic E-state index is 0.0294. The van der Waals surface area contributed by atoms with Crippen LogP contribution < -0.4 is 5.73 Å². The second-order valence-corrected chi connectivity index (χ2v) is 10.2. The number of nitrogens with zero attached hydrogens (tertiary/aromatic N) is 8. The Kier molecular flexibility index (Phi) is 5.77. The summed E-state index contributed by atoms with van der Waals surface area (Å²) in [4.78, 5) is 31.7. The number of likely N-dealkylation sites (N-methyl/N-ethyl adjacent to an activating group) is 1. The smallest absolute Gasteiger partial charge is 0.261 e. The van der Waals surface area contributed by atoms with Crippen LogP contribution in [0.4, 0.5) is 5.95 Å². The molecule has 0 aromatic carbocycles. The zero-order valence-electron chi connectivity index (χ0n) is 20.8. The summed E-state index contributed by atoms with van der Waals surface area (Å²) in [5, 5.41) is 8.64. The normalized spacial score (nSPS) is 14.9. The molecule has 186 valence electrons. The molecule has 1 fully saturated rings. The van der Waals surface area contributed by atoms with Gasteiger partial charge in [-0.15, -0.1) is 0 Å². The Morgan fingerprint density at radius 1 is 1.11 bits per heavy atom. The van der Waals surface area contributed by atoms with Crippen LogP contribution in [-0.2, 0) is 16.8 Å². The van der Waals surface area contributed by atoms with Gasteiger partial charge in [-0.1, -0.05) is 17.6 Å². The number of hydrogen-bond donors (Lipinski definition) is 1. The Morgan fingerprint density at radius 3 is 2.47 bits per heavy atom. The van der Waals surface area contributed by atoms with E-state index in [-0.39, 0.29) is 29.4 Å². The highest BCUT2D eigenvalue weighted by atomic mass is 16.5. The fraction of sp³-hybridized carbons (Fsp3) is 0.400. The quantitative estimate of drug-likeness (QED) is 0.434. The number of rotatable bonds is 6. The van der Waals surface area contributed by atoms with Crippen LogP contribution in [0, 0.1) is 0 Å². The van der Waals surface area contributed by atoms with Crippen LogP contribution in [0.3, 0.4) is 0 Å². The molecule has 4 aromatic rings. The first-order valence-corrected chi connectivity index (χ1v) is 11.8. The zero-order valence-corrected chi connectivity index (χ0v) is 20.8. The molecule has 0 radical (unpaired) electrons. The maximum Gasteiger partial charge on any atom is 0.261 e. The lowest BCUT2D eigenvalue weighted by Gasteiger charge is -2.39. The molecule has 1 saturated carbocycles. The molecule has 11 heteroatoms. The predicted octanol–water partition coefficient (Wildman–Crippen LogP) is 3.09. The van der Waals surface area contributed by atoms with Crippen LogP contribution in [-0.4, -0.2) is 58.3 Å². The van der Waals surface area contributed by atoms with E-state index in [0.29, 0.717) is 17.3 Å². The van der Waals surface area contributed by atoms with Crippen molar-refractivity contribution in [1.82, 2.24) is 39.8 Å². The standard InChI is InChI=1S/C25H29N9O2/c1-24(2,3)33(4)20(35)15-34-14-17(12-30-34)21-31-22(32-36-21)25(8-5-9-25)18-6-7-19(27-13-18)16-10-28-23(26)29-11-16/h6-7,10-14H,5,8-9,15H2,1-4H3,(H2,26,28,29). The number of carbonyl (C=O) groups is 1. The van der Waals surface area contributed by atoms with Crippen LogP contribution >= 0.6 is 0 Å². The molecule has 2 N–H and O–H groups in total. The summed E-state index contributed by atoms with van der Waals surface area (Å²) >= 11 is 0. The van der Waals surface area contributed by atoms with Crippen molar-refractivity contribution in [2.75, 3.05) is 12.8 Å². The zero-order chi connectivity index (χ0) is 25.5. The topological polar surface area (TPSA) is 142 Å². The lowest BCUT2D eigenvalue weighted by molar-refractivity contribution is -0.134. The number of carbonyl (C=O) groups excluding carboxylic acids is 1. The Balaban J connectivity index is 1.34. The molecule has 0 aliphatic heterocycles. The van der Waals surface area contributed by atoms with E-state index in [4.69, 9.17) is 15.2 Å². The average Bonchev–Trinajstić information content (AvgIpc) is 3.48. The fourth-order valence-corrected chi connectivity index (χ4v) is 4.20. The van der Waals surface area contributed by atoms with Gasteiger partial charge in [0.05, 0.1) is 22.9 Å². The second-order valence-electron chi connectivity index (χ2n) is 10.2. The van der Waals surface area contributed by atoms with Gasteiger partial charge in [-0.25, -0.2) is 9.97 Å². The van der Waals surface area contributed by atoms with Gasteiger partial charge in [0.15, 0.2) is 5.82 Å². The van der Waals surface area contributed by atoms with Crippen molar-refractivity contribution >= 4 is 11.9 Å². The lowest BCUT2D eigenvalue weighted by atomic mass is 9.64. The number of anilines is 1. The summed E-state index contributed by atoms with van der Waals surface area (Å²) < 4.78 is 7.21. The van der Waals surface area contributed by atoms with Gasteiger partial charge >= 0.3 is 0 Å². The summed E-state index contributed by atoms with van der Waals surface area (Å²) in [5.41, 5.74) is 8.25. The molecule has 0 bridgehead atoms. The minimum atomic E-state index is -0.341. The highest BCUT2D eigenvalue weighted by Gasteiger charge is 2.45. The third-order valence-corrected chi connectivity index (χ3v) is 6.90. The molecule has 4 aromatic heterocycles. The van der Waals surface area contributed by atoms with E-state index in [0.717, 1.165) is 36.1 Å². The van der Waals surface area contributed by atoms with E-state index < -0.39 is 0 Å². The molecule has 1 aliphatic carbocycles. The minimum Gasteiger partial charge on any atom is -0.368 e. The molecule has 1 aliphatic rings. The van der Waals surface area contributed by atoms with Crippen molar-refractivity contribution in [3.8, 4) is 22.7 Å². The highest BCUT2D eigenvalue weighted by Crippen LogP contribution is 2.48. The highest BCUT2D eigenvalue weighted by molar-refractivity contribution is 5.76. The Hall–Kier alpha value is -4.15. The lowest BCUT2D eigenvalue weighted by Crippen LogP contribution is -2.44. The van der Waals surface area contributed by atoms with E-state index in [1.807, 2.05) is 39.1 Å². The van der Waals surface area contributed by atoms with Crippen LogP contribution in [0.25, 0.3) is 22.7 Å². The van der Waals surface area contributed by atoms with Crippen molar-refractivity contribution < 1.29 is 9.32 Å². The average molecular weight is 488 g/mol. The van der Waals surface area contributed by atoms with Crippen LogP contribution in [0.15, 0.2) is 47.6 Å². The number of hydrogen-bond acceptors (Lipinski definition) is 9. The van der Waals surface area contributed by atoms with Crippen molar-refractivity contribution in [3.63, 3.8) is 0 Å². The van der Waals surface area contributed by atoms with E-state index in [9.17, 15) is 4.79 Å². The molecule has 0 unspecified atom stereocenters. The SMILES string of the molecule is CN(C(=O)Cn1cc(-c2nc(C3(c4ccc(-c5cnc(N)nc5)nc4)CCC3)no2)cn1)C(C)(C)C. The molecule has 0 atom stereocenters. The van der Waals surface area contributed by atoms with E-state index in [1.165, 1.54) is 0 Å². The van der Waals surface area contributed by atoms with E-state index >= 15 is 0 Å². The van der Waals surface area contributed by atoms with Gasteiger partial charge in [0, 0.05) is 42.9 Å². The molecule has 11 nitrogen and oxygen atoms in total. The number of nitrogen functional groups attached to an aromatic ring is 1.